The average Bonchev–Trinajstić information content (AvgIpc) is 2.79. The van der Waals surface area contributed by atoms with Crippen molar-refractivity contribution in [2.45, 2.75) is 57.7 Å². The van der Waals surface area contributed by atoms with Crippen molar-refractivity contribution in [2.75, 3.05) is 26.2 Å². The van der Waals surface area contributed by atoms with E-state index in [0.717, 1.165) is 63.1 Å². The smallest absolute Gasteiger partial charge is 0.303 e. The number of unbranched alkanes of at least 4 members (excludes halogenated alkanes) is 2. The van der Waals surface area contributed by atoms with Gasteiger partial charge in [0.15, 0.2) is 0 Å². The van der Waals surface area contributed by atoms with Gasteiger partial charge in [0.25, 0.3) is 0 Å². The maximum absolute atomic E-state index is 10.6. The highest BCUT2D eigenvalue weighted by atomic mass is 16.5. The number of hydrogen-bond acceptors (Lipinski definition) is 4. The molecule has 1 unspecified atom stereocenters. The Kier molecular flexibility index (Phi) is 9.38. The summed E-state index contributed by atoms with van der Waals surface area (Å²) in [7, 11) is 0. The van der Waals surface area contributed by atoms with E-state index < -0.39 is 5.97 Å². The van der Waals surface area contributed by atoms with E-state index in [-0.39, 0.29) is 18.6 Å². The van der Waals surface area contributed by atoms with E-state index in [9.17, 15) is 4.79 Å². The van der Waals surface area contributed by atoms with Gasteiger partial charge in [-0.2, -0.15) is 0 Å². The summed E-state index contributed by atoms with van der Waals surface area (Å²) in [6.07, 6.45) is 5.31. The van der Waals surface area contributed by atoms with Crippen LogP contribution in [-0.2, 0) is 9.53 Å². The van der Waals surface area contributed by atoms with Gasteiger partial charge in [0, 0.05) is 19.5 Å². The molecule has 0 amide bonds. The van der Waals surface area contributed by atoms with Crippen molar-refractivity contribution in [1.82, 2.24) is 4.90 Å². The molecule has 0 radical (unpaired) electrons. The number of nitrogens with zero attached hydrogens (tertiary/aromatic N) is 1. The summed E-state index contributed by atoms with van der Waals surface area (Å²) in [5.41, 5.74) is 2.32. The van der Waals surface area contributed by atoms with Crippen LogP contribution in [0.25, 0.3) is 0 Å². The van der Waals surface area contributed by atoms with Crippen molar-refractivity contribution in [1.29, 1.82) is 0 Å². The van der Waals surface area contributed by atoms with Crippen LogP contribution in [0.15, 0.2) is 54.6 Å². The second-order valence-corrected chi connectivity index (χ2v) is 8.17. The molecule has 1 atom stereocenters. The number of piperidine rings is 1. The molecule has 168 valence electrons. The average molecular weight is 426 g/mol. The van der Waals surface area contributed by atoms with E-state index in [4.69, 9.17) is 14.6 Å². The second-order valence-electron chi connectivity index (χ2n) is 8.17. The fourth-order valence-corrected chi connectivity index (χ4v) is 4.13. The lowest BCUT2D eigenvalue weighted by Crippen LogP contribution is -2.38. The Morgan fingerprint density at radius 2 is 1.68 bits per heavy atom. The summed E-state index contributed by atoms with van der Waals surface area (Å²) < 4.78 is 12.2. The van der Waals surface area contributed by atoms with Crippen molar-refractivity contribution in [3.05, 3.63) is 65.7 Å². The van der Waals surface area contributed by atoms with Gasteiger partial charge >= 0.3 is 5.97 Å². The molecule has 0 saturated carbocycles. The molecule has 5 nitrogen and oxygen atoms in total. The van der Waals surface area contributed by atoms with E-state index >= 15 is 0 Å². The van der Waals surface area contributed by atoms with E-state index in [1.165, 1.54) is 5.56 Å². The summed E-state index contributed by atoms with van der Waals surface area (Å²) in [6.45, 7) is 5.78. The topological polar surface area (TPSA) is 59.0 Å². The van der Waals surface area contributed by atoms with Crippen LogP contribution in [0.4, 0.5) is 0 Å². The van der Waals surface area contributed by atoms with Crippen LogP contribution < -0.4 is 4.74 Å². The fourth-order valence-electron chi connectivity index (χ4n) is 4.13. The summed E-state index contributed by atoms with van der Waals surface area (Å²) >= 11 is 0. The Bertz CT molecular complexity index is 770. The van der Waals surface area contributed by atoms with Crippen molar-refractivity contribution in [2.24, 2.45) is 0 Å². The highest BCUT2D eigenvalue weighted by molar-refractivity contribution is 5.66. The third-order valence-corrected chi connectivity index (χ3v) is 5.82. The summed E-state index contributed by atoms with van der Waals surface area (Å²) in [4.78, 5) is 13.1. The van der Waals surface area contributed by atoms with Gasteiger partial charge in [0.05, 0.1) is 12.7 Å². The molecule has 31 heavy (non-hydrogen) atoms. The van der Waals surface area contributed by atoms with Gasteiger partial charge in [-0.25, -0.2) is 0 Å². The standard InChI is InChI=1S/C26H35NO4/c1-2-30-23-14-12-22(13-15-23)26(21-9-5-3-6-10-21)31-24-16-19-27(20-17-24)18-8-4-7-11-25(28)29/h3,5-6,9-10,12-15,24,26H,2,4,7-8,11,16-20H2,1H3,(H,28,29). The van der Waals surface area contributed by atoms with Gasteiger partial charge < -0.3 is 19.5 Å². The Balaban J connectivity index is 1.53. The molecule has 0 spiro atoms. The number of carboxylic acid groups (broad SMARTS) is 1. The highest BCUT2D eigenvalue weighted by Crippen LogP contribution is 2.31. The molecule has 3 rings (SSSR count). The fraction of sp³-hybridized carbons (Fsp3) is 0.500. The third kappa shape index (κ3) is 7.67. The van der Waals surface area contributed by atoms with E-state index in [1.807, 2.05) is 25.1 Å². The summed E-state index contributed by atoms with van der Waals surface area (Å²) in [5.74, 6) is 0.188. The maximum Gasteiger partial charge on any atom is 0.303 e. The lowest BCUT2D eigenvalue weighted by Gasteiger charge is -2.34. The normalized spacial score (nSPS) is 16.2. The SMILES string of the molecule is CCOc1ccc(C(OC2CCN(CCCCCC(=O)O)CC2)c2ccccc2)cc1. The van der Waals surface area contributed by atoms with Crippen LogP contribution in [0.2, 0.25) is 0 Å². The monoisotopic (exact) mass is 425 g/mol. The first-order chi connectivity index (χ1) is 15.2. The minimum absolute atomic E-state index is 0.0792. The summed E-state index contributed by atoms with van der Waals surface area (Å²) in [5, 5.41) is 8.73. The molecule has 2 aromatic rings. The van der Waals surface area contributed by atoms with Crippen molar-refractivity contribution >= 4 is 5.97 Å². The predicted octanol–water partition coefficient (Wildman–Crippen LogP) is 5.30. The Morgan fingerprint density at radius 3 is 2.32 bits per heavy atom. The number of likely N-dealkylation sites (tertiary alicyclic amines) is 1. The molecule has 1 heterocycles. The van der Waals surface area contributed by atoms with Crippen molar-refractivity contribution < 1.29 is 19.4 Å². The van der Waals surface area contributed by atoms with Crippen molar-refractivity contribution in [3.63, 3.8) is 0 Å². The number of carboxylic acids is 1. The van der Waals surface area contributed by atoms with Gasteiger partial charge in [0.2, 0.25) is 0 Å². The molecule has 5 heteroatoms. The van der Waals surface area contributed by atoms with Gasteiger partial charge in [-0.3, -0.25) is 4.79 Å². The van der Waals surface area contributed by atoms with E-state index in [2.05, 4.69) is 41.3 Å². The zero-order valence-corrected chi connectivity index (χ0v) is 18.5. The molecule has 0 aliphatic carbocycles. The zero-order valence-electron chi connectivity index (χ0n) is 18.5. The molecule has 2 aromatic carbocycles. The van der Waals surface area contributed by atoms with E-state index in [1.54, 1.807) is 0 Å². The van der Waals surface area contributed by atoms with Gasteiger partial charge in [-0.15, -0.1) is 0 Å². The maximum atomic E-state index is 10.6. The molecule has 0 bridgehead atoms. The minimum Gasteiger partial charge on any atom is -0.494 e. The number of ether oxygens (including phenoxy) is 2. The molecule has 1 N–H and O–H groups in total. The second kappa shape index (κ2) is 12.5. The van der Waals surface area contributed by atoms with Crippen LogP contribution in [0, 0.1) is 0 Å². The molecule has 1 aliphatic heterocycles. The van der Waals surface area contributed by atoms with Crippen molar-refractivity contribution in [3.8, 4) is 5.75 Å². The van der Waals surface area contributed by atoms with E-state index in [0.29, 0.717) is 6.61 Å². The number of carbonyl (C=O) groups is 1. The molecule has 0 aromatic heterocycles. The molecular formula is C26H35NO4. The van der Waals surface area contributed by atoms with Gasteiger partial charge in [0.1, 0.15) is 11.9 Å². The lowest BCUT2D eigenvalue weighted by molar-refractivity contribution is -0.137. The van der Waals surface area contributed by atoms with Crippen LogP contribution in [-0.4, -0.2) is 48.3 Å². The number of aliphatic carboxylic acids is 1. The van der Waals surface area contributed by atoms with Crippen LogP contribution in [0.1, 0.15) is 62.7 Å². The Morgan fingerprint density at radius 1 is 1.00 bits per heavy atom. The highest BCUT2D eigenvalue weighted by Gasteiger charge is 2.24. The lowest BCUT2D eigenvalue weighted by atomic mass is 10.00. The van der Waals surface area contributed by atoms with Crippen LogP contribution >= 0.6 is 0 Å². The molecule has 1 fully saturated rings. The van der Waals surface area contributed by atoms with Crippen LogP contribution in [0.5, 0.6) is 5.75 Å². The Hall–Kier alpha value is -2.37. The largest absolute Gasteiger partial charge is 0.494 e. The first kappa shape index (κ1) is 23.3. The zero-order chi connectivity index (χ0) is 21.9. The molecule has 1 aliphatic rings. The first-order valence-electron chi connectivity index (χ1n) is 11.5. The minimum atomic E-state index is -0.696. The number of rotatable bonds is 12. The van der Waals surface area contributed by atoms with Gasteiger partial charge in [-0.05, 0) is 62.4 Å². The van der Waals surface area contributed by atoms with Crippen LogP contribution in [0.3, 0.4) is 0 Å². The number of benzene rings is 2. The molecule has 1 saturated heterocycles. The van der Waals surface area contributed by atoms with Gasteiger partial charge in [-0.1, -0.05) is 48.9 Å². The summed E-state index contributed by atoms with van der Waals surface area (Å²) in [6, 6.07) is 18.7. The third-order valence-electron chi connectivity index (χ3n) is 5.82. The Labute approximate surface area is 186 Å². The number of hydrogen-bond donors (Lipinski definition) is 1. The molecular weight excluding hydrogens is 390 g/mol. The predicted molar refractivity (Wildman–Crippen MR) is 123 cm³/mol. The quantitative estimate of drug-likeness (QED) is 0.468. The first-order valence-corrected chi connectivity index (χ1v) is 11.5.